The number of amides is 3. The highest BCUT2D eigenvalue weighted by atomic mass is 35.5. The fourth-order valence-corrected chi connectivity index (χ4v) is 5.10. The summed E-state index contributed by atoms with van der Waals surface area (Å²) in [7, 11) is 0. The Hall–Kier alpha value is -3.19. The van der Waals surface area contributed by atoms with Gasteiger partial charge in [-0.3, -0.25) is 19.3 Å². The molecule has 1 fully saturated rings. The maximum atomic E-state index is 14.2. The SMILES string of the molecule is CCCCN(C(=O)c1nc2cc(Cl)ccc2o1)C(=O)C1(NC(=O)c2ccc(C(C)(C)C)cc2)CCCCC1. The van der Waals surface area contributed by atoms with Crippen molar-refractivity contribution in [1.29, 1.82) is 0 Å². The van der Waals surface area contributed by atoms with Crippen molar-refractivity contribution in [2.75, 3.05) is 6.54 Å². The van der Waals surface area contributed by atoms with Crippen LogP contribution in [0, 0.1) is 0 Å². The van der Waals surface area contributed by atoms with Gasteiger partial charge in [0.1, 0.15) is 11.1 Å². The summed E-state index contributed by atoms with van der Waals surface area (Å²) in [5.41, 5.74) is 1.26. The molecule has 1 aliphatic carbocycles. The molecule has 1 saturated carbocycles. The van der Waals surface area contributed by atoms with Crippen molar-refractivity contribution in [3.8, 4) is 0 Å². The van der Waals surface area contributed by atoms with Gasteiger partial charge in [0, 0.05) is 17.1 Å². The largest absolute Gasteiger partial charge is 0.432 e. The summed E-state index contributed by atoms with van der Waals surface area (Å²) in [6.07, 6.45) is 4.90. The highest BCUT2D eigenvalue weighted by Gasteiger charge is 2.45. The Morgan fingerprint density at radius 2 is 1.74 bits per heavy atom. The summed E-state index contributed by atoms with van der Waals surface area (Å²) in [5, 5.41) is 3.53. The number of benzene rings is 2. The molecule has 8 heteroatoms. The van der Waals surface area contributed by atoms with E-state index >= 15 is 0 Å². The number of halogens is 1. The van der Waals surface area contributed by atoms with Crippen molar-refractivity contribution < 1.29 is 18.8 Å². The molecule has 7 nitrogen and oxygen atoms in total. The number of hydrogen-bond acceptors (Lipinski definition) is 5. The van der Waals surface area contributed by atoms with E-state index in [1.54, 1.807) is 30.3 Å². The second-order valence-electron chi connectivity index (χ2n) is 11.2. The van der Waals surface area contributed by atoms with Crippen LogP contribution in [0.2, 0.25) is 5.02 Å². The van der Waals surface area contributed by atoms with E-state index < -0.39 is 17.4 Å². The molecule has 1 aromatic heterocycles. The van der Waals surface area contributed by atoms with Gasteiger partial charge in [-0.15, -0.1) is 0 Å². The molecule has 0 saturated heterocycles. The van der Waals surface area contributed by atoms with E-state index in [9.17, 15) is 14.4 Å². The molecule has 1 heterocycles. The molecule has 38 heavy (non-hydrogen) atoms. The Morgan fingerprint density at radius 1 is 1.05 bits per heavy atom. The Balaban J connectivity index is 1.63. The zero-order valence-corrected chi connectivity index (χ0v) is 23.4. The second kappa shape index (κ2) is 11.3. The molecule has 0 aliphatic heterocycles. The third kappa shape index (κ3) is 5.93. The van der Waals surface area contributed by atoms with Crippen LogP contribution in [0.25, 0.3) is 11.1 Å². The number of oxazole rings is 1. The van der Waals surface area contributed by atoms with E-state index in [1.165, 1.54) is 4.90 Å². The van der Waals surface area contributed by atoms with Crippen LogP contribution in [0.3, 0.4) is 0 Å². The lowest BCUT2D eigenvalue weighted by atomic mass is 9.80. The minimum atomic E-state index is -1.17. The summed E-state index contributed by atoms with van der Waals surface area (Å²) < 4.78 is 5.70. The van der Waals surface area contributed by atoms with E-state index in [1.807, 2.05) is 19.1 Å². The standard InChI is InChI=1S/C30H36ClN3O4/c1-5-6-18-34(27(36)26-32-23-19-22(31)14-15-24(23)38-26)28(37)30(16-8-7-9-17-30)33-25(35)20-10-12-21(13-11-20)29(2,3)4/h10-15,19H,5-9,16-18H2,1-4H3,(H,33,35). The highest BCUT2D eigenvalue weighted by Crippen LogP contribution is 2.32. The fourth-order valence-electron chi connectivity index (χ4n) is 4.94. The van der Waals surface area contributed by atoms with E-state index in [2.05, 4.69) is 31.1 Å². The minimum Gasteiger partial charge on any atom is -0.432 e. The molecule has 4 rings (SSSR count). The number of aromatic nitrogens is 1. The Labute approximate surface area is 228 Å². The average Bonchev–Trinajstić information content (AvgIpc) is 3.32. The maximum Gasteiger partial charge on any atom is 0.316 e. The van der Waals surface area contributed by atoms with Crippen molar-refractivity contribution in [3.63, 3.8) is 0 Å². The molecule has 0 spiro atoms. The predicted molar refractivity (Wildman–Crippen MR) is 148 cm³/mol. The molecule has 1 N–H and O–H groups in total. The summed E-state index contributed by atoms with van der Waals surface area (Å²) >= 11 is 6.07. The normalized spacial score (nSPS) is 15.3. The average molecular weight is 538 g/mol. The van der Waals surface area contributed by atoms with Crippen molar-refractivity contribution in [2.24, 2.45) is 0 Å². The lowest BCUT2D eigenvalue weighted by Crippen LogP contribution is -2.61. The molecule has 0 bridgehead atoms. The molecular formula is C30H36ClN3O4. The Bertz CT molecular complexity index is 1320. The summed E-state index contributed by atoms with van der Waals surface area (Å²) in [6.45, 7) is 8.56. The third-order valence-electron chi connectivity index (χ3n) is 7.24. The van der Waals surface area contributed by atoms with Crippen LogP contribution in [0.5, 0.6) is 0 Å². The molecule has 0 atom stereocenters. The lowest BCUT2D eigenvalue weighted by Gasteiger charge is -2.39. The number of carbonyl (C=O) groups is 3. The Kier molecular flexibility index (Phi) is 8.26. The minimum absolute atomic E-state index is 0.0360. The van der Waals surface area contributed by atoms with E-state index in [0.29, 0.717) is 40.9 Å². The van der Waals surface area contributed by atoms with Crippen LogP contribution in [0.1, 0.15) is 99.2 Å². The van der Waals surface area contributed by atoms with E-state index in [0.717, 1.165) is 31.2 Å². The van der Waals surface area contributed by atoms with Crippen molar-refractivity contribution >= 4 is 40.4 Å². The van der Waals surface area contributed by atoms with Crippen LogP contribution >= 0.6 is 11.6 Å². The van der Waals surface area contributed by atoms with Crippen LogP contribution in [-0.4, -0.2) is 39.7 Å². The van der Waals surface area contributed by atoms with Gasteiger partial charge in [0.2, 0.25) is 0 Å². The number of nitrogens with zero attached hydrogens (tertiary/aromatic N) is 2. The van der Waals surface area contributed by atoms with Gasteiger partial charge < -0.3 is 9.73 Å². The first-order valence-corrected chi connectivity index (χ1v) is 13.8. The number of nitrogens with one attached hydrogen (secondary N) is 1. The monoisotopic (exact) mass is 537 g/mol. The van der Waals surface area contributed by atoms with Gasteiger partial charge in [-0.05, 0) is 60.6 Å². The van der Waals surface area contributed by atoms with Gasteiger partial charge in [0.05, 0.1) is 0 Å². The lowest BCUT2D eigenvalue weighted by molar-refractivity contribution is -0.137. The van der Waals surface area contributed by atoms with Crippen molar-refractivity contribution in [2.45, 2.75) is 83.6 Å². The molecule has 3 aromatic rings. The van der Waals surface area contributed by atoms with Gasteiger partial charge in [0.15, 0.2) is 5.58 Å². The summed E-state index contributed by atoms with van der Waals surface area (Å²) in [4.78, 5) is 46.7. The highest BCUT2D eigenvalue weighted by molar-refractivity contribution is 6.31. The summed E-state index contributed by atoms with van der Waals surface area (Å²) in [6, 6.07) is 12.4. The third-order valence-corrected chi connectivity index (χ3v) is 7.48. The molecule has 202 valence electrons. The number of hydrogen-bond donors (Lipinski definition) is 1. The van der Waals surface area contributed by atoms with E-state index in [-0.39, 0.29) is 23.8 Å². The first-order chi connectivity index (χ1) is 18.0. The topological polar surface area (TPSA) is 92.5 Å². The number of fused-ring (bicyclic) bond motifs is 1. The molecular weight excluding hydrogens is 502 g/mol. The predicted octanol–water partition coefficient (Wildman–Crippen LogP) is 6.68. The number of rotatable bonds is 7. The van der Waals surface area contributed by atoms with Gasteiger partial charge in [-0.1, -0.05) is 77.1 Å². The molecule has 0 radical (unpaired) electrons. The van der Waals surface area contributed by atoms with Crippen LogP contribution in [0.4, 0.5) is 0 Å². The number of imide groups is 1. The number of unbranched alkanes of at least 4 members (excludes halogenated alkanes) is 1. The zero-order valence-electron chi connectivity index (χ0n) is 22.6. The molecule has 1 aliphatic rings. The molecule has 2 aromatic carbocycles. The summed E-state index contributed by atoms with van der Waals surface area (Å²) in [5.74, 6) is -1.50. The van der Waals surface area contributed by atoms with Crippen molar-refractivity contribution in [1.82, 2.24) is 15.2 Å². The van der Waals surface area contributed by atoms with Gasteiger partial charge in [0.25, 0.3) is 17.7 Å². The van der Waals surface area contributed by atoms with Crippen molar-refractivity contribution in [3.05, 3.63) is 64.5 Å². The van der Waals surface area contributed by atoms with Crippen LogP contribution < -0.4 is 5.32 Å². The van der Waals surface area contributed by atoms with E-state index in [4.69, 9.17) is 16.0 Å². The van der Waals surface area contributed by atoms with Gasteiger partial charge in [-0.25, -0.2) is 4.98 Å². The molecule has 3 amide bonds. The fraction of sp³-hybridized carbons (Fsp3) is 0.467. The van der Waals surface area contributed by atoms with Gasteiger partial charge in [-0.2, -0.15) is 0 Å². The molecule has 0 unspecified atom stereocenters. The van der Waals surface area contributed by atoms with Crippen LogP contribution in [-0.2, 0) is 10.2 Å². The smallest absolute Gasteiger partial charge is 0.316 e. The quantitative estimate of drug-likeness (QED) is 0.339. The first-order valence-electron chi connectivity index (χ1n) is 13.4. The second-order valence-corrected chi connectivity index (χ2v) is 11.6. The number of carbonyl (C=O) groups excluding carboxylic acids is 3. The van der Waals surface area contributed by atoms with Crippen LogP contribution in [0.15, 0.2) is 46.9 Å². The van der Waals surface area contributed by atoms with Gasteiger partial charge >= 0.3 is 5.91 Å². The zero-order chi connectivity index (χ0) is 27.5. The Morgan fingerprint density at radius 3 is 2.37 bits per heavy atom. The first kappa shape index (κ1) is 27.8. The maximum absolute atomic E-state index is 14.2.